The normalized spacial score (nSPS) is 21.1. The van der Waals surface area contributed by atoms with Crippen molar-refractivity contribution in [2.75, 3.05) is 26.3 Å². The number of aryl methyl sites for hydroxylation is 3. The summed E-state index contributed by atoms with van der Waals surface area (Å²) in [5, 5.41) is 4.53. The van der Waals surface area contributed by atoms with Crippen LogP contribution in [0.5, 0.6) is 0 Å². The van der Waals surface area contributed by atoms with Gasteiger partial charge in [0.1, 0.15) is 0 Å². The van der Waals surface area contributed by atoms with Gasteiger partial charge in [-0.25, -0.2) is 0 Å². The predicted molar refractivity (Wildman–Crippen MR) is 105 cm³/mol. The highest BCUT2D eigenvalue weighted by Crippen LogP contribution is 2.32. The van der Waals surface area contributed by atoms with Crippen LogP contribution in [0.25, 0.3) is 11.3 Å². The van der Waals surface area contributed by atoms with Crippen molar-refractivity contribution in [3.8, 4) is 11.3 Å². The Morgan fingerprint density at radius 3 is 2.50 bits per heavy atom. The molecule has 0 radical (unpaired) electrons. The molecule has 0 unspecified atom stereocenters. The maximum atomic E-state index is 13.0. The average molecular weight is 381 g/mol. The van der Waals surface area contributed by atoms with Crippen LogP contribution < -0.4 is 0 Å². The van der Waals surface area contributed by atoms with Gasteiger partial charge in [0.2, 0.25) is 0 Å². The Kier molecular flexibility index (Phi) is 4.48. The van der Waals surface area contributed by atoms with Gasteiger partial charge in [-0.1, -0.05) is 12.1 Å². The van der Waals surface area contributed by atoms with Crippen LogP contribution in [0.15, 0.2) is 24.3 Å². The van der Waals surface area contributed by atoms with E-state index in [2.05, 4.69) is 23.3 Å². The summed E-state index contributed by atoms with van der Waals surface area (Å²) in [5.41, 5.74) is 5.55. The fourth-order valence-electron chi connectivity index (χ4n) is 4.73. The van der Waals surface area contributed by atoms with Crippen molar-refractivity contribution in [1.82, 2.24) is 14.7 Å². The van der Waals surface area contributed by atoms with Crippen LogP contribution >= 0.6 is 0 Å². The highest BCUT2D eigenvalue weighted by Gasteiger charge is 2.41. The van der Waals surface area contributed by atoms with E-state index in [1.165, 1.54) is 30.4 Å². The largest absolute Gasteiger partial charge is 0.347 e. The van der Waals surface area contributed by atoms with Crippen molar-refractivity contribution < 1.29 is 14.3 Å². The van der Waals surface area contributed by atoms with Gasteiger partial charge < -0.3 is 14.4 Å². The van der Waals surface area contributed by atoms with Gasteiger partial charge in [-0.2, -0.15) is 5.10 Å². The summed E-state index contributed by atoms with van der Waals surface area (Å²) in [7, 11) is 1.91. The van der Waals surface area contributed by atoms with Crippen LogP contribution in [0.3, 0.4) is 0 Å². The van der Waals surface area contributed by atoms with Crippen LogP contribution in [0.1, 0.15) is 47.3 Å². The zero-order valence-electron chi connectivity index (χ0n) is 16.4. The molecular formula is C22H27N3O3. The summed E-state index contributed by atoms with van der Waals surface area (Å²) in [6, 6.07) is 8.61. The zero-order valence-corrected chi connectivity index (χ0v) is 16.4. The number of ether oxygens (including phenoxy) is 2. The van der Waals surface area contributed by atoms with Crippen molar-refractivity contribution >= 4 is 5.91 Å². The number of nitrogens with zero attached hydrogens (tertiary/aromatic N) is 3. The minimum atomic E-state index is -0.463. The number of amides is 1. The summed E-state index contributed by atoms with van der Waals surface area (Å²) < 4.78 is 13.3. The summed E-state index contributed by atoms with van der Waals surface area (Å²) in [6.07, 6.45) is 6.31. The predicted octanol–water partition coefficient (Wildman–Crippen LogP) is 2.95. The Bertz CT molecular complexity index is 888. The fourth-order valence-corrected chi connectivity index (χ4v) is 4.73. The van der Waals surface area contributed by atoms with Gasteiger partial charge in [0, 0.05) is 38.5 Å². The Morgan fingerprint density at radius 2 is 1.75 bits per heavy atom. The number of piperidine rings is 1. The summed E-state index contributed by atoms with van der Waals surface area (Å²) in [5.74, 6) is -0.470. The molecule has 1 aromatic carbocycles. The second-order valence-electron chi connectivity index (χ2n) is 8.13. The number of fused-ring (bicyclic) bond motifs is 1. The lowest BCUT2D eigenvalue weighted by Crippen LogP contribution is -2.47. The van der Waals surface area contributed by atoms with Crippen molar-refractivity contribution in [3.63, 3.8) is 0 Å². The molecule has 3 heterocycles. The van der Waals surface area contributed by atoms with E-state index < -0.39 is 5.79 Å². The topological polar surface area (TPSA) is 56.6 Å². The van der Waals surface area contributed by atoms with Crippen molar-refractivity contribution in [2.45, 2.75) is 44.3 Å². The van der Waals surface area contributed by atoms with Gasteiger partial charge in [-0.3, -0.25) is 9.48 Å². The maximum Gasteiger partial charge on any atom is 0.274 e. The SMILES string of the molecule is Cn1nc(C(=O)N2CCC3(CC2)OCCO3)cc1-c1ccc2c(c1)CCCC2. The van der Waals surface area contributed by atoms with Crippen LogP contribution in [-0.2, 0) is 29.4 Å². The van der Waals surface area contributed by atoms with Crippen LogP contribution in [0.4, 0.5) is 0 Å². The molecule has 5 rings (SSSR count). The van der Waals surface area contributed by atoms with E-state index in [1.54, 1.807) is 0 Å². The van der Waals surface area contributed by atoms with Crippen molar-refractivity contribution in [2.24, 2.45) is 7.05 Å². The Hall–Kier alpha value is -2.18. The number of likely N-dealkylation sites (tertiary alicyclic amines) is 1. The molecule has 0 bridgehead atoms. The number of aromatic nitrogens is 2. The van der Waals surface area contributed by atoms with Gasteiger partial charge >= 0.3 is 0 Å². The van der Waals surface area contributed by atoms with Crippen molar-refractivity contribution in [3.05, 3.63) is 41.1 Å². The second kappa shape index (κ2) is 7.01. The molecule has 1 aromatic heterocycles. The van der Waals surface area contributed by atoms with Gasteiger partial charge in [0.25, 0.3) is 5.91 Å². The van der Waals surface area contributed by atoms with E-state index in [9.17, 15) is 4.79 Å². The standard InChI is InChI=1S/C22H27N3O3/c1-24-20(18-7-6-16-4-2-3-5-17(16)14-18)15-19(23-24)21(26)25-10-8-22(9-11-25)27-12-13-28-22/h6-7,14-15H,2-5,8-13H2,1H3. The average Bonchev–Trinajstić information content (AvgIpc) is 3.34. The fraction of sp³-hybridized carbons (Fsp3) is 0.545. The van der Waals surface area contributed by atoms with E-state index in [0.29, 0.717) is 32.0 Å². The molecule has 1 spiro atoms. The second-order valence-corrected chi connectivity index (χ2v) is 8.13. The zero-order chi connectivity index (χ0) is 19.1. The minimum Gasteiger partial charge on any atom is -0.347 e. The molecule has 2 aliphatic heterocycles. The van der Waals surface area contributed by atoms with E-state index in [1.807, 2.05) is 22.7 Å². The number of rotatable bonds is 2. The van der Waals surface area contributed by atoms with E-state index in [4.69, 9.17) is 9.47 Å². The maximum absolute atomic E-state index is 13.0. The molecule has 3 aliphatic rings. The molecule has 2 saturated heterocycles. The first kappa shape index (κ1) is 17.9. The molecule has 2 aromatic rings. The molecule has 6 nitrogen and oxygen atoms in total. The van der Waals surface area contributed by atoms with E-state index in [0.717, 1.165) is 30.5 Å². The molecule has 0 atom stereocenters. The third-order valence-electron chi connectivity index (χ3n) is 6.37. The smallest absolute Gasteiger partial charge is 0.274 e. The lowest BCUT2D eigenvalue weighted by atomic mass is 9.90. The van der Waals surface area contributed by atoms with E-state index in [-0.39, 0.29) is 5.91 Å². The number of benzene rings is 1. The molecule has 6 heteroatoms. The molecule has 0 N–H and O–H groups in total. The Balaban J connectivity index is 1.34. The first-order chi connectivity index (χ1) is 13.6. The highest BCUT2D eigenvalue weighted by atomic mass is 16.7. The molecule has 148 valence electrons. The summed E-state index contributed by atoms with van der Waals surface area (Å²) in [4.78, 5) is 14.9. The quantitative estimate of drug-likeness (QED) is 0.803. The van der Waals surface area contributed by atoms with Crippen LogP contribution in [-0.4, -0.2) is 52.7 Å². The van der Waals surface area contributed by atoms with Gasteiger partial charge in [0.05, 0.1) is 18.9 Å². The lowest BCUT2D eigenvalue weighted by molar-refractivity contribution is -0.181. The number of hydrogen-bond donors (Lipinski definition) is 0. The Labute approximate surface area is 165 Å². The third kappa shape index (κ3) is 3.14. The molecule has 0 saturated carbocycles. The molecule has 1 amide bonds. The number of carbonyl (C=O) groups is 1. The summed E-state index contributed by atoms with van der Waals surface area (Å²) >= 11 is 0. The van der Waals surface area contributed by atoms with Gasteiger partial charge in [-0.05, 0) is 48.9 Å². The van der Waals surface area contributed by atoms with Crippen molar-refractivity contribution in [1.29, 1.82) is 0 Å². The number of hydrogen-bond acceptors (Lipinski definition) is 4. The van der Waals surface area contributed by atoms with Crippen LogP contribution in [0, 0.1) is 0 Å². The van der Waals surface area contributed by atoms with E-state index >= 15 is 0 Å². The highest BCUT2D eigenvalue weighted by molar-refractivity contribution is 5.93. The molecule has 28 heavy (non-hydrogen) atoms. The lowest BCUT2D eigenvalue weighted by Gasteiger charge is -2.37. The molecular weight excluding hydrogens is 354 g/mol. The monoisotopic (exact) mass is 381 g/mol. The third-order valence-corrected chi connectivity index (χ3v) is 6.37. The number of carbonyl (C=O) groups excluding carboxylic acids is 1. The first-order valence-corrected chi connectivity index (χ1v) is 10.4. The van der Waals surface area contributed by atoms with Crippen LogP contribution in [0.2, 0.25) is 0 Å². The minimum absolute atomic E-state index is 0.00680. The molecule has 1 aliphatic carbocycles. The van der Waals surface area contributed by atoms with Gasteiger partial charge in [0.15, 0.2) is 11.5 Å². The Morgan fingerprint density at radius 1 is 1.04 bits per heavy atom. The summed E-state index contributed by atoms with van der Waals surface area (Å²) in [6.45, 7) is 2.59. The first-order valence-electron chi connectivity index (χ1n) is 10.4. The van der Waals surface area contributed by atoms with Gasteiger partial charge in [-0.15, -0.1) is 0 Å². The molecule has 2 fully saturated rings.